The molecular weight excluding hydrogens is 369 g/mol. The molecule has 7 heteroatoms. The van der Waals surface area contributed by atoms with E-state index in [9.17, 15) is 9.18 Å². The second-order valence-electron chi connectivity index (χ2n) is 7.59. The molecule has 2 aromatic heterocycles. The summed E-state index contributed by atoms with van der Waals surface area (Å²) >= 11 is 0. The van der Waals surface area contributed by atoms with Crippen molar-refractivity contribution in [2.45, 2.75) is 31.8 Å². The number of rotatable bonds is 7. The molecule has 1 fully saturated rings. The predicted octanol–water partition coefficient (Wildman–Crippen LogP) is 2.32. The summed E-state index contributed by atoms with van der Waals surface area (Å²) in [7, 11) is 0. The fourth-order valence-electron chi connectivity index (χ4n) is 3.77. The molecule has 0 radical (unpaired) electrons. The summed E-state index contributed by atoms with van der Waals surface area (Å²) in [5.41, 5.74) is 8.00. The van der Waals surface area contributed by atoms with Crippen molar-refractivity contribution in [3.63, 3.8) is 0 Å². The van der Waals surface area contributed by atoms with Crippen molar-refractivity contribution in [1.82, 2.24) is 15.3 Å². The Bertz CT molecular complexity index is 1040. The maximum absolute atomic E-state index is 14.6. The summed E-state index contributed by atoms with van der Waals surface area (Å²) in [6.07, 6.45) is 4.44. The first-order chi connectivity index (χ1) is 14.1. The van der Waals surface area contributed by atoms with Gasteiger partial charge in [-0.05, 0) is 37.4 Å². The van der Waals surface area contributed by atoms with Gasteiger partial charge in [-0.3, -0.25) is 4.79 Å². The minimum atomic E-state index is -0.481. The number of nitrogens with two attached hydrogens (primary N) is 1. The van der Waals surface area contributed by atoms with Crippen molar-refractivity contribution >= 4 is 16.9 Å². The highest BCUT2D eigenvalue weighted by atomic mass is 19.1. The van der Waals surface area contributed by atoms with Gasteiger partial charge in [0.05, 0.1) is 5.39 Å². The zero-order chi connectivity index (χ0) is 20.2. The number of hydrogen-bond acceptors (Lipinski definition) is 5. The van der Waals surface area contributed by atoms with Crippen LogP contribution in [0.15, 0.2) is 47.4 Å². The molecule has 1 unspecified atom stereocenters. The van der Waals surface area contributed by atoms with Crippen LogP contribution in [0.4, 0.5) is 10.2 Å². The lowest BCUT2D eigenvalue weighted by atomic mass is 10.1. The van der Waals surface area contributed by atoms with Gasteiger partial charge < -0.3 is 20.9 Å². The van der Waals surface area contributed by atoms with E-state index in [1.807, 2.05) is 23.1 Å². The molecule has 3 heterocycles. The van der Waals surface area contributed by atoms with Crippen LogP contribution in [0.3, 0.4) is 0 Å². The number of hydrogen-bond donors (Lipinski definition) is 3. The van der Waals surface area contributed by atoms with Crippen molar-refractivity contribution in [1.29, 1.82) is 0 Å². The van der Waals surface area contributed by atoms with Crippen LogP contribution in [-0.2, 0) is 13.0 Å². The number of pyridine rings is 2. The number of aromatic amines is 1. The quantitative estimate of drug-likeness (QED) is 0.535. The average molecular weight is 395 g/mol. The molecule has 3 aromatic rings. The average Bonchev–Trinajstić information content (AvgIpc) is 3.16. The lowest BCUT2D eigenvalue weighted by Gasteiger charge is -2.18. The number of aryl methyl sites for hydroxylation is 1. The molecule has 1 atom stereocenters. The van der Waals surface area contributed by atoms with E-state index in [1.165, 1.54) is 11.6 Å². The monoisotopic (exact) mass is 395 g/mol. The molecule has 1 aromatic carbocycles. The third kappa shape index (κ3) is 4.46. The van der Waals surface area contributed by atoms with Gasteiger partial charge in [0, 0.05) is 37.4 Å². The van der Waals surface area contributed by atoms with E-state index >= 15 is 0 Å². The van der Waals surface area contributed by atoms with Gasteiger partial charge in [0.1, 0.15) is 5.65 Å². The van der Waals surface area contributed by atoms with Crippen LogP contribution in [0.5, 0.6) is 0 Å². The molecule has 0 bridgehead atoms. The van der Waals surface area contributed by atoms with Gasteiger partial charge in [-0.2, -0.15) is 0 Å². The fraction of sp³-hybridized carbons (Fsp3) is 0.364. The number of anilines is 1. The predicted molar refractivity (Wildman–Crippen MR) is 114 cm³/mol. The smallest absolute Gasteiger partial charge is 0.195 e. The first-order valence-corrected chi connectivity index (χ1v) is 10.1. The number of halogens is 1. The maximum Gasteiger partial charge on any atom is 0.195 e. The normalized spacial score (nSPS) is 16.6. The van der Waals surface area contributed by atoms with Gasteiger partial charge in [-0.1, -0.05) is 30.3 Å². The molecule has 1 saturated heterocycles. The molecule has 1 aliphatic rings. The largest absolute Gasteiger partial charge is 0.353 e. The Morgan fingerprint density at radius 2 is 2.14 bits per heavy atom. The molecule has 0 spiro atoms. The van der Waals surface area contributed by atoms with Crippen molar-refractivity contribution in [3.05, 3.63) is 69.8 Å². The summed E-state index contributed by atoms with van der Waals surface area (Å²) in [4.78, 5) is 22.0. The van der Waals surface area contributed by atoms with Crippen molar-refractivity contribution < 1.29 is 4.39 Å². The Kier molecular flexibility index (Phi) is 5.87. The van der Waals surface area contributed by atoms with E-state index in [-0.39, 0.29) is 22.7 Å². The van der Waals surface area contributed by atoms with Crippen LogP contribution in [0, 0.1) is 5.82 Å². The van der Waals surface area contributed by atoms with Crippen LogP contribution in [0.25, 0.3) is 11.0 Å². The summed E-state index contributed by atoms with van der Waals surface area (Å²) in [5.74, 6) is -0.224. The molecule has 4 rings (SSSR count). The molecule has 29 heavy (non-hydrogen) atoms. The lowest BCUT2D eigenvalue weighted by Crippen LogP contribution is -2.28. The van der Waals surface area contributed by atoms with E-state index in [0.717, 1.165) is 25.8 Å². The molecule has 1 aliphatic heterocycles. The Hall–Kier alpha value is -2.77. The minimum absolute atomic E-state index is 0.0290. The number of fused-ring (bicyclic) bond motifs is 1. The van der Waals surface area contributed by atoms with Crippen molar-refractivity contribution in [3.8, 4) is 0 Å². The van der Waals surface area contributed by atoms with Gasteiger partial charge in [-0.25, -0.2) is 9.37 Å². The number of nitrogens with zero attached hydrogens (tertiary/aromatic N) is 2. The van der Waals surface area contributed by atoms with Crippen LogP contribution < -0.4 is 21.4 Å². The zero-order valence-corrected chi connectivity index (χ0v) is 16.3. The van der Waals surface area contributed by atoms with Crippen LogP contribution in [0.2, 0.25) is 0 Å². The summed E-state index contributed by atoms with van der Waals surface area (Å²) in [5, 5.41) is 3.57. The van der Waals surface area contributed by atoms with Crippen molar-refractivity contribution in [2.75, 3.05) is 24.5 Å². The first kappa shape index (κ1) is 19.5. The number of aromatic nitrogens is 2. The van der Waals surface area contributed by atoms with Gasteiger partial charge in [0.25, 0.3) is 0 Å². The molecule has 0 aliphatic carbocycles. The summed E-state index contributed by atoms with van der Waals surface area (Å²) in [6, 6.07) is 11.6. The van der Waals surface area contributed by atoms with Gasteiger partial charge in [0.15, 0.2) is 17.1 Å². The first-order valence-electron chi connectivity index (χ1n) is 10.1. The highest BCUT2D eigenvalue weighted by Gasteiger charge is 2.24. The van der Waals surface area contributed by atoms with Gasteiger partial charge >= 0.3 is 0 Å². The van der Waals surface area contributed by atoms with E-state index < -0.39 is 5.82 Å². The van der Waals surface area contributed by atoms with E-state index in [1.54, 1.807) is 6.20 Å². The highest BCUT2D eigenvalue weighted by Crippen LogP contribution is 2.23. The van der Waals surface area contributed by atoms with Gasteiger partial charge in [-0.15, -0.1) is 0 Å². The fourth-order valence-corrected chi connectivity index (χ4v) is 3.77. The number of H-pyrrole nitrogens is 1. The number of benzene rings is 1. The zero-order valence-electron chi connectivity index (χ0n) is 16.3. The summed E-state index contributed by atoms with van der Waals surface area (Å²) < 4.78 is 14.6. The van der Waals surface area contributed by atoms with Crippen LogP contribution >= 0.6 is 0 Å². The molecule has 6 nitrogen and oxygen atoms in total. The van der Waals surface area contributed by atoms with Crippen LogP contribution in [-0.4, -0.2) is 35.6 Å². The standard InChI is InChI=1S/C22H26FN5O/c23-19-11-18-20(29)16(12-25-9-4-7-15-5-2-1-3-6-15)13-26-21(18)27-22(19)28-10-8-17(24)14-28/h1-3,5-6,11,13,17,25H,4,7-10,12,14,24H2,(H,26,27,29). The molecule has 152 valence electrons. The highest BCUT2D eigenvalue weighted by molar-refractivity contribution is 5.77. The minimum Gasteiger partial charge on any atom is -0.353 e. The lowest BCUT2D eigenvalue weighted by molar-refractivity contribution is 0.617. The molecular formula is C22H26FN5O. The third-order valence-electron chi connectivity index (χ3n) is 5.38. The Morgan fingerprint density at radius 3 is 2.90 bits per heavy atom. The molecule has 0 saturated carbocycles. The van der Waals surface area contributed by atoms with E-state index in [4.69, 9.17) is 5.73 Å². The van der Waals surface area contributed by atoms with Crippen molar-refractivity contribution in [2.24, 2.45) is 5.73 Å². The molecule has 4 N–H and O–H groups in total. The van der Waals surface area contributed by atoms with E-state index in [0.29, 0.717) is 30.8 Å². The topological polar surface area (TPSA) is 87.0 Å². The second-order valence-corrected chi connectivity index (χ2v) is 7.59. The second kappa shape index (κ2) is 8.71. The maximum atomic E-state index is 14.6. The van der Waals surface area contributed by atoms with Gasteiger partial charge in [0.2, 0.25) is 0 Å². The third-order valence-corrected chi connectivity index (χ3v) is 5.38. The molecule has 0 amide bonds. The Morgan fingerprint density at radius 1 is 1.31 bits per heavy atom. The Labute approximate surface area is 168 Å². The number of nitrogens with one attached hydrogen (secondary N) is 2. The van der Waals surface area contributed by atoms with E-state index in [2.05, 4.69) is 27.4 Å². The Balaban J connectivity index is 1.41. The SMILES string of the molecule is NC1CCN(c2nc3[nH]cc(CNCCCc4ccccc4)c(=O)c3cc2F)C1. The summed E-state index contributed by atoms with van der Waals surface area (Å²) in [6.45, 7) is 2.48. The van der Waals surface area contributed by atoms with Crippen LogP contribution in [0.1, 0.15) is 24.0 Å².